The lowest BCUT2D eigenvalue weighted by Gasteiger charge is -2.11. The van der Waals surface area contributed by atoms with Gasteiger partial charge in [0.2, 0.25) is 0 Å². The number of nitrogens with zero attached hydrogens (tertiary/aromatic N) is 2. The number of fused-ring (bicyclic) bond motifs is 1. The van der Waals surface area contributed by atoms with Gasteiger partial charge in [-0.05, 0) is 36.8 Å². The first-order chi connectivity index (χ1) is 13.2. The highest BCUT2D eigenvalue weighted by Gasteiger charge is 2.15. The van der Waals surface area contributed by atoms with Gasteiger partial charge < -0.3 is 4.57 Å². The third-order valence-corrected chi connectivity index (χ3v) is 5.61. The average Bonchev–Trinajstić information content (AvgIpc) is 3.02. The van der Waals surface area contributed by atoms with Gasteiger partial charge in [-0.1, -0.05) is 87.2 Å². The molecule has 0 amide bonds. The second kappa shape index (κ2) is 10.1. The molecule has 0 aliphatic carbocycles. The van der Waals surface area contributed by atoms with E-state index in [0.717, 1.165) is 29.9 Å². The Bertz CT molecular complexity index is 870. The third-order valence-electron chi connectivity index (χ3n) is 5.06. The van der Waals surface area contributed by atoms with Crippen molar-refractivity contribution in [3.63, 3.8) is 0 Å². The summed E-state index contributed by atoms with van der Waals surface area (Å²) in [5.74, 6) is 0.931. The summed E-state index contributed by atoms with van der Waals surface area (Å²) in [7, 11) is 0. The van der Waals surface area contributed by atoms with E-state index < -0.39 is 0 Å². The van der Waals surface area contributed by atoms with Gasteiger partial charge in [-0.15, -0.1) is 0 Å². The Hall–Kier alpha value is -1.51. The van der Waals surface area contributed by atoms with Gasteiger partial charge >= 0.3 is 0 Å². The molecule has 0 fully saturated rings. The van der Waals surface area contributed by atoms with E-state index in [4.69, 9.17) is 28.2 Å². The van der Waals surface area contributed by atoms with E-state index in [0.29, 0.717) is 10.0 Å². The Morgan fingerprint density at radius 3 is 2.30 bits per heavy atom. The third kappa shape index (κ3) is 5.27. The fourth-order valence-electron chi connectivity index (χ4n) is 3.58. The summed E-state index contributed by atoms with van der Waals surface area (Å²) < 4.78 is 2.31. The van der Waals surface area contributed by atoms with E-state index in [1.165, 1.54) is 50.5 Å². The molecule has 0 saturated heterocycles. The Morgan fingerprint density at radius 2 is 1.56 bits per heavy atom. The van der Waals surface area contributed by atoms with Gasteiger partial charge in [-0.3, -0.25) is 0 Å². The van der Waals surface area contributed by atoms with Crippen LogP contribution in [-0.2, 0) is 6.54 Å². The van der Waals surface area contributed by atoms with E-state index in [1.807, 2.05) is 18.2 Å². The van der Waals surface area contributed by atoms with Crippen LogP contribution in [0.5, 0.6) is 0 Å². The second-order valence-corrected chi connectivity index (χ2v) is 8.02. The molecule has 4 heteroatoms. The minimum atomic E-state index is 0.648. The molecule has 0 aliphatic heterocycles. The molecule has 144 valence electrons. The number of aryl methyl sites for hydroxylation is 1. The van der Waals surface area contributed by atoms with Crippen LogP contribution in [0.15, 0.2) is 42.5 Å². The van der Waals surface area contributed by atoms with Crippen LogP contribution in [0.1, 0.15) is 58.3 Å². The summed E-state index contributed by atoms with van der Waals surface area (Å²) in [4.78, 5) is 4.86. The summed E-state index contributed by atoms with van der Waals surface area (Å²) in [6.07, 6.45) is 10.5. The molecule has 3 aromatic rings. The van der Waals surface area contributed by atoms with Crippen LogP contribution >= 0.6 is 23.2 Å². The quantitative estimate of drug-likeness (QED) is 0.312. The number of benzene rings is 2. The Balaban J connectivity index is 1.72. The van der Waals surface area contributed by atoms with Gasteiger partial charge in [-0.2, -0.15) is 0 Å². The largest absolute Gasteiger partial charge is 0.324 e. The maximum absolute atomic E-state index is 6.47. The number of rotatable bonds is 10. The molecule has 0 bridgehead atoms. The van der Waals surface area contributed by atoms with Crippen LogP contribution in [0, 0.1) is 0 Å². The molecule has 0 aliphatic rings. The number of hydrogen-bond acceptors (Lipinski definition) is 1. The van der Waals surface area contributed by atoms with Crippen molar-refractivity contribution in [2.75, 3.05) is 0 Å². The maximum atomic E-state index is 6.47. The van der Waals surface area contributed by atoms with Crippen LogP contribution in [0.4, 0.5) is 0 Å². The Morgan fingerprint density at radius 1 is 0.852 bits per heavy atom. The molecule has 27 heavy (non-hydrogen) atoms. The van der Waals surface area contributed by atoms with Crippen LogP contribution in [-0.4, -0.2) is 9.55 Å². The lowest BCUT2D eigenvalue weighted by Crippen LogP contribution is -2.01. The number of hydrogen-bond donors (Lipinski definition) is 0. The van der Waals surface area contributed by atoms with E-state index in [1.54, 1.807) is 6.07 Å². The number of aromatic nitrogens is 2. The molecule has 0 spiro atoms. The molecule has 2 aromatic carbocycles. The highest BCUT2D eigenvalue weighted by atomic mass is 35.5. The summed E-state index contributed by atoms with van der Waals surface area (Å²) in [6, 6.07) is 13.9. The molecule has 1 aromatic heterocycles. The van der Waals surface area contributed by atoms with Gasteiger partial charge in [0.05, 0.1) is 16.1 Å². The lowest BCUT2D eigenvalue weighted by molar-refractivity contribution is 0.549. The SMILES string of the molecule is CCCCCCCCCCn1c(-c2ccc(Cl)cc2Cl)nc2ccccc21. The fourth-order valence-corrected chi connectivity index (χ4v) is 4.08. The fraction of sp³-hybridized carbons (Fsp3) is 0.435. The van der Waals surface area contributed by atoms with Crippen molar-refractivity contribution < 1.29 is 0 Å². The zero-order chi connectivity index (χ0) is 19.1. The van der Waals surface area contributed by atoms with Gasteiger partial charge in [0, 0.05) is 17.1 Å². The number of para-hydroxylation sites is 2. The van der Waals surface area contributed by atoms with Gasteiger partial charge in [0.25, 0.3) is 0 Å². The molecule has 2 nitrogen and oxygen atoms in total. The van der Waals surface area contributed by atoms with E-state index in [9.17, 15) is 0 Å². The van der Waals surface area contributed by atoms with Crippen molar-refractivity contribution in [3.05, 3.63) is 52.5 Å². The predicted octanol–water partition coefficient (Wildman–Crippen LogP) is 8.15. The average molecular weight is 403 g/mol. The number of unbranched alkanes of at least 4 members (excludes halogenated alkanes) is 7. The summed E-state index contributed by atoms with van der Waals surface area (Å²) in [6.45, 7) is 3.23. The molecule has 0 atom stereocenters. The van der Waals surface area contributed by atoms with Crippen molar-refractivity contribution >= 4 is 34.2 Å². The Labute approximate surface area is 172 Å². The summed E-state index contributed by atoms with van der Waals surface area (Å²) in [5.41, 5.74) is 3.12. The first-order valence-electron chi connectivity index (χ1n) is 10.1. The van der Waals surface area contributed by atoms with E-state index in [-0.39, 0.29) is 0 Å². The zero-order valence-electron chi connectivity index (χ0n) is 16.1. The van der Waals surface area contributed by atoms with Crippen LogP contribution < -0.4 is 0 Å². The molecule has 0 saturated carbocycles. The van der Waals surface area contributed by atoms with Crippen LogP contribution in [0.3, 0.4) is 0 Å². The predicted molar refractivity (Wildman–Crippen MR) is 118 cm³/mol. The first-order valence-corrected chi connectivity index (χ1v) is 10.9. The summed E-state index contributed by atoms with van der Waals surface area (Å²) in [5, 5.41) is 1.30. The van der Waals surface area contributed by atoms with Gasteiger partial charge in [0.15, 0.2) is 0 Å². The Kier molecular flexibility index (Phi) is 7.60. The van der Waals surface area contributed by atoms with E-state index >= 15 is 0 Å². The molecular weight excluding hydrogens is 375 g/mol. The minimum absolute atomic E-state index is 0.648. The second-order valence-electron chi connectivity index (χ2n) is 7.17. The lowest BCUT2D eigenvalue weighted by atomic mass is 10.1. The smallest absolute Gasteiger partial charge is 0.142 e. The number of imidazole rings is 1. The summed E-state index contributed by atoms with van der Waals surface area (Å²) >= 11 is 12.5. The van der Waals surface area contributed by atoms with Crippen molar-refractivity contribution in [3.8, 4) is 11.4 Å². The maximum Gasteiger partial charge on any atom is 0.142 e. The van der Waals surface area contributed by atoms with Crippen molar-refractivity contribution in [1.29, 1.82) is 0 Å². The van der Waals surface area contributed by atoms with Crippen molar-refractivity contribution in [2.45, 2.75) is 64.8 Å². The molecule has 3 rings (SSSR count). The highest BCUT2D eigenvalue weighted by Crippen LogP contribution is 2.32. The topological polar surface area (TPSA) is 17.8 Å². The van der Waals surface area contributed by atoms with Crippen molar-refractivity contribution in [1.82, 2.24) is 9.55 Å². The van der Waals surface area contributed by atoms with E-state index in [2.05, 4.69) is 29.7 Å². The van der Waals surface area contributed by atoms with Crippen LogP contribution in [0.25, 0.3) is 22.4 Å². The minimum Gasteiger partial charge on any atom is -0.324 e. The van der Waals surface area contributed by atoms with Gasteiger partial charge in [0.1, 0.15) is 5.82 Å². The monoisotopic (exact) mass is 402 g/mol. The molecule has 1 heterocycles. The first kappa shape index (κ1) is 20.2. The molecule has 0 N–H and O–H groups in total. The molecule has 0 unspecified atom stereocenters. The van der Waals surface area contributed by atoms with Crippen molar-refractivity contribution in [2.24, 2.45) is 0 Å². The molecular formula is C23H28Cl2N2. The zero-order valence-corrected chi connectivity index (χ0v) is 17.6. The number of halogens is 2. The highest BCUT2D eigenvalue weighted by molar-refractivity contribution is 6.36. The molecule has 0 radical (unpaired) electrons. The van der Waals surface area contributed by atoms with Gasteiger partial charge in [-0.25, -0.2) is 4.98 Å². The normalized spacial score (nSPS) is 11.4. The standard InChI is InChI=1S/C23H28Cl2N2/c1-2-3-4-5-6-7-8-11-16-27-22-13-10-9-12-21(22)26-23(27)19-15-14-18(24)17-20(19)25/h9-10,12-15,17H,2-8,11,16H2,1H3. The van der Waals surface area contributed by atoms with Crippen LogP contribution in [0.2, 0.25) is 10.0 Å².